The SMILES string of the molecule is CCn1c(SCC(=O)N2CCN(S(=O)(=O)c3cccc(F)c3)CC2)nnc1-c1ccncc1. The quantitative estimate of drug-likeness (QED) is 0.468. The molecular weight excluding hydrogens is 467 g/mol. The molecule has 0 bridgehead atoms. The van der Waals surface area contributed by atoms with E-state index in [1.165, 1.54) is 34.3 Å². The Balaban J connectivity index is 1.35. The van der Waals surface area contributed by atoms with Gasteiger partial charge in [-0.2, -0.15) is 4.31 Å². The average Bonchev–Trinajstić information content (AvgIpc) is 3.26. The van der Waals surface area contributed by atoms with E-state index in [1.807, 2.05) is 23.6 Å². The van der Waals surface area contributed by atoms with Crippen LogP contribution in [0.5, 0.6) is 0 Å². The van der Waals surface area contributed by atoms with Crippen LogP contribution < -0.4 is 0 Å². The lowest BCUT2D eigenvalue weighted by Gasteiger charge is -2.34. The van der Waals surface area contributed by atoms with Gasteiger partial charge in [-0.3, -0.25) is 9.78 Å². The number of hydrogen-bond donors (Lipinski definition) is 0. The molecule has 1 fully saturated rings. The van der Waals surface area contributed by atoms with Crippen molar-refractivity contribution in [3.8, 4) is 11.4 Å². The molecule has 1 aromatic carbocycles. The van der Waals surface area contributed by atoms with Crippen LogP contribution in [0.2, 0.25) is 0 Å². The normalized spacial score (nSPS) is 15.0. The van der Waals surface area contributed by atoms with E-state index in [0.717, 1.165) is 11.6 Å². The summed E-state index contributed by atoms with van der Waals surface area (Å²) in [4.78, 5) is 18.3. The Morgan fingerprint density at radius 3 is 2.48 bits per heavy atom. The molecule has 1 saturated heterocycles. The summed E-state index contributed by atoms with van der Waals surface area (Å²) >= 11 is 1.30. The van der Waals surface area contributed by atoms with Crippen molar-refractivity contribution in [1.82, 2.24) is 29.0 Å². The Morgan fingerprint density at radius 2 is 1.82 bits per heavy atom. The predicted molar refractivity (Wildman–Crippen MR) is 121 cm³/mol. The summed E-state index contributed by atoms with van der Waals surface area (Å²) < 4.78 is 42.2. The van der Waals surface area contributed by atoms with Crippen LogP contribution >= 0.6 is 11.8 Å². The van der Waals surface area contributed by atoms with Gasteiger partial charge in [0.2, 0.25) is 15.9 Å². The Bertz CT molecular complexity index is 1230. The van der Waals surface area contributed by atoms with Gasteiger partial charge in [-0.05, 0) is 37.3 Å². The molecule has 4 rings (SSSR count). The van der Waals surface area contributed by atoms with Crippen LogP contribution in [-0.4, -0.2) is 75.2 Å². The van der Waals surface area contributed by atoms with Gasteiger partial charge in [0.1, 0.15) is 5.82 Å². The van der Waals surface area contributed by atoms with Crippen molar-refractivity contribution in [3.05, 3.63) is 54.6 Å². The molecule has 0 N–H and O–H groups in total. The second-order valence-electron chi connectivity index (χ2n) is 7.32. The number of halogens is 1. The summed E-state index contributed by atoms with van der Waals surface area (Å²) in [5.74, 6) is 0.185. The summed E-state index contributed by atoms with van der Waals surface area (Å²) in [6, 6.07) is 8.66. The Labute approximate surface area is 195 Å². The fraction of sp³-hybridized carbons (Fsp3) is 0.333. The molecule has 174 valence electrons. The molecule has 3 heterocycles. The van der Waals surface area contributed by atoms with E-state index in [-0.39, 0.29) is 42.7 Å². The van der Waals surface area contributed by atoms with E-state index in [0.29, 0.717) is 17.5 Å². The van der Waals surface area contributed by atoms with E-state index >= 15 is 0 Å². The molecule has 1 aliphatic heterocycles. The van der Waals surface area contributed by atoms with Crippen molar-refractivity contribution in [3.63, 3.8) is 0 Å². The zero-order valence-electron chi connectivity index (χ0n) is 18.0. The van der Waals surface area contributed by atoms with Crippen LogP contribution in [0.1, 0.15) is 6.92 Å². The maximum absolute atomic E-state index is 13.5. The molecule has 0 saturated carbocycles. The van der Waals surface area contributed by atoms with E-state index < -0.39 is 15.8 Å². The van der Waals surface area contributed by atoms with E-state index in [9.17, 15) is 17.6 Å². The lowest BCUT2D eigenvalue weighted by molar-refractivity contribution is -0.129. The summed E-state index contributed by atoms with van der Waals surface area (Å²) in [6.07, 6.45) is 3.38. The first kappa shape index (κ1) is 23.3. The maximum Gasteiger partial charge on any atom is 0.243 e. The van der Waals surface area contributed by atoms with Gasteiger partial charge in [0.25, 0.3) is 0 Å². The van der Waals surface area contributed by atoms with Crippen molar-refractivity contribution in [2.24, 2.45) is 0 Å². The van der Waals surface area contributed by atoms with Crippen molar-refractivity contribution in [2.45, 2.75) is 23.5 Å². The van der Waals surface area contributed by atoms with Crippen LogP contribution in [0, 0.1) is 5.82 Å². The van der Waals surface area contributed by atoms with Crippen molar-refractivity contribution >= 4 is 27.7 Å². The number of nitrogens with zero attached hydrogens (tertiary/aromatic N) is 6. The number of aromatic nitrogens is 4. The fourth-order valence-corrected chi connectivity index (χ4v) is 5.93. The minimum absolute atomic E-state index is 0.0817. The number of hydrogen-bond acceptors (Lipinski definition) is 7. The predicted octanol–water partition coefficient (Wildman–Crippen LogP) is 2.12. The highest BCUT2D eigenvalue weighted by Gasteiger charge is 2.30. The molecule has 1 aliphatic rings. The van der Waals surface area contributed by atoms with Gasteiger partial charge in [-0.25, -0.2) is 12.8 Å². The van der Waals surface area contributed by atoms with Gasteiger partial charge in [-0.1, -0.05) is 17.8 Å². The van der Waals surface area contributed by atoms with Crippen LogP contribution in [0.4, 0.5) is 4.39 Å². The molecule has 0 spiro atoms. The van der Waals surface area contributed by atoms with E-state index in [4.69, 9.17) is 0 Å². The second kappa shape index (κ2) is 9.98. The number of carbonyl (C=O) groups is 1. The number of rotatable bonds is 7. The number of piperazine rings is 1. The minimum Gasteiger partial charge on any atom is -0.339 e. The van der Waals surface area contributed by atoms with Crippen molar-refractivity contribution < 1.29 is 17.6 Å². The Morgan fingerprint density at radius 1 is 1.09 bits per heavy atom. The molecule has 0 unspecified atom stereocenters. The van der Waals surface area contributed by atoms with Gasteiger partial charge in [-0.15, -0.1) is 10.2 Å². The van der Waals surface area contributed by atoms with Crippen LogP contribution in [0.3, 0.4) is 0 Å². The van der Waals surface area contributed by atoms with Crippen LogP contribution in [-0.2, 0) is 21.4 Å². The molecule has 0 atom stereocenters. The van der Waals surface area contributed by atoms with Crippen molar-refractivity contribution in [2.75, 3.05) is 31.9 Å². The fourth-order valence-electron chi connectivity index (χ4n) is 3.57. The average molecular weight is 491 g/mol. The summed E-state index contributed by atoms with van der Waals surface area (Å²) in [5, 5.41) is 9.13. The molecule has 9 nitrogen and oxygen atoms in total. The van der Waals surface area contributed by atoms with Crippen LogP contribution in [0.25, 0.3) is 11.4 Å². The van der Waals surface area contributed by atoms with Gasteiger partial charge >= 0.3 is 0 Å². The van der Waals surface area contributed by atoms with E-state index in [2.05, 4.69) is 15.2 Å². The highest BCUT2D eigenvalue weighted by Crippen LogP contribution is 2.24. The molecule has 0 radical (unpaired) electrons. The third kappa shape index (κ3) is 5.07. The third-order valence-electron chi connectivity index (χ3n) is 5.32. The monoisotopic (exact) mass is 490 g/mol. The number of pyridine rings is 1. The second-order valence-corrected chi connectivity index (χ2v) is 10.2. The Hall–Kier alpha value is -2.83. The molecule has 0 aliphatic carbocycles. The number of amides is 1. The molecule has 1 amide bonds. The zero-order chi connectivity index (χ0) is 23.4. The molecule has 3 aromatic rings. The highest BCUT2D eigenvalue weighted by molar-refractivity contribution is 7.99. The van der Waals surface area contributed by atoms with Gasteiger partial charge in [0.05, 0.1) is 10.6 Å². The molecule has 33 heavy (non-hydrogen) atoms. The summed E-state index contributed by atoms with van der Waals surface area (Å²) in [7, 11) is -3.80. The lowest BCUT2D eigenvalue weighted by atomic mass is 10.2. The topological polar surface area (TPSA) is 101 Å². The first-order chi connectivity index (χ1) is 15.9. The number of benzene rings is 1. The molecular formula is C21H23FN6O3S2. The standard InChI is InChI=1S/C21H23FN6O3S2/c1-2-28-20(16-6-8-23-9-7-16)24-25-21(28)32-15-19(29)26-10-12-27(13-11-26)33(30,31)18-5-3-4-17(22)14-18/h3-9,14H,2,10-13,15H2,1H3. The Kier molecular flexibility index (Phi) is 7.05. The van der Waals surface area contributed by atoms with Gasteiger partial charge in [0.15, 0.2) is 11.0 Å². The summed E-state index contributed by atoms with van der Waals surface area (Å²) in [5.41, 5.74) is 0.896. The lowest BCUT2D eigenvalue weighted by Crippen LogP contribution is -2.51. The number of carbonyl (C=O) groups excluding carboxylic acids is 1. The number of thioether (sulfide) groups is 1. The minimum atomic E-state index is -3.80. The van der Waals surface area contributed by atoms with E-state index in [1.54, 1.807) is 17.3 Å². The van der Waals surface area contributed by atoms with Gasteiger partial charge < -0.3 is 9.47 Å². The molecule has 12 heteroatoms. The van der Waals surface area contributed by atoms with Gasteiger partial charge in [0, 0.05) is 50.7 Å². The first-order valence-electron chi connectivity index (χ1n) is 10.4. The van der Waals surface area contributed by atoms with Crippen molar-refractivity contribution in [1.29, 1.82) is 0 Å². The maximum atomic E-state index is 13.5. The van der Waals surface area contributed by atoms with Crippen LogP contribution in [0.15, 0.2) is 58.8 Å². The number of sulfonamides is 1. The smallest absolute Gasteiger partial charge is 0.243 e. The third-order valence-corrected chi connectivity index (χ3v) is 8.17. The largest absolute Gasteiger partial charge is 0.339 e. The highest BCUT2D eigenvalue weighted by atomic mass is 32.2. The summed E-state index contributed by atoms with van der Waals surface area (Å²) in [6.45, 7) is 3.50. The molecule has 2 aromatic heterocycles. The first-order valence-corrected chi connectivity index (χ1v) is 12.8. The zero-order valence-corrected chi connectivity index (χ0v) is 19.6.